The molecule has 13 heavy (non-hydrogen) atoms. The third kappa shape index (κ3) is 2.21. The van der Waals surface area contributed by atoms with Gasteiger partial charge in [0.25, 0.3) is 0 Å². The largest absolute Gasteiger partial charge is 0.507 e. The summed E-state index contributed by atoms with van der Waals surface area (Å²) in [6.45, 7) is 1.95. The standard InChI is InChI=1S/C10H11IO2/c1-7-2-3-10(13)9(6-12)8(7)4-5-11/h2-3,6,13H,4-5H2,1H3. The van der Waals surface area contributed by atoms with Crippen LogP contribution >= 0.6 is 22.6 Å². The van der Waals surface area contributed by atoms with Gasteiger partial charge in [0.1, 0.15) is 5.75 Å². The number of aromatic hydroxyl groups is 1. The van der Waals surface area contributed by atoms with E-state index in [2.05, 4.69) is 22.6 Å². The molecular weight excluding hydrogens is 279 g/mol. The molecule has 0 unspecified atom stereocenters. The van der Waals surface area contributed by atoms with Crippen LogP contribution < -0.4 is 0 Å². The molecule has 70 valence electrons. The summed E-state index contributed by atoms with van der Waals surface area (Å²) in [5, 5.41) is 9.41. The first kappa shape index (κ1) is 10.5. The van der Waals surface area contributed by atoms with Crippen molar-refractivity contribution < 1.29 is 9.90 Å². The second kappa shape index (κ2) is 4.60. The second-order valence-electron chi connectivity index (χ2n) is 2.85. The summed E-state index contributed by atoms with van der Waals surface area (Å²) in [4.78, 5) is 10.7. The lowest BCUT2D eigenvalue weighted by atomic mass is 10.00. The van der Waals surface area contributed by atoms with Crippen molar-refractivity contribution in [2.24, 2.45) is 0 Å². The van der Waals surface area contributed by atoms with Gasteiger partial charge in [0.15, 0.2) is 6.29 Å². The number of rotatable bonds is 3. The molecule has 2 nitrogen and oxygen atoms in total. The molecule has 0 bridgehead atoms. The van der Waals surface area contributed by atoms with Crippen molar-refractivity contribution in [3.63, 3.8) is 0 Å². The number of aldehydes is 1. The smallest absolute Gasteiger partial charge is 0.154 e. The van der Waals surface area contributed by atoms with Crippen LogP contribution in [-0.2, 0) is 6.42 Å². The summed E-state index contributed by atoms with van der Waals surface area (Å²) in [5.74, 6) is 0.0838. The zero-order valence-corrected chi connectivity index (χ0v) is 9.54. The van der Waals surface area contributed by atoms with E-state index in [1.165, 1.54) is 0 Å². The minimum atomic E-state index is 0.0838. The van der Waals surface area contributed by atoms with E-state index in [1.807, 2.05) is 13.0 Å². The highest BCUT2D eigenvalue weighted by atomic mass is 127. The van der Waals surface area contributed by atoms with Gasteiger partial charge in [-0.2, -0.15) is 0 Å². The molecule has 0 saturated carbocycles. The number of aryl methyl sites for hydroxylation is 1. The molecule has 0 saturated heterocycles. The maximum absolute atomic E-state index is 10.7. The molecule has 0 heterocycles. The Kier molecular flexibility index (Phi) is 3.71. The normalized spacial score (nSPS) is 10.0. The number of hydrogen-bond acceptors (Lipinski definition) is 2. The molecule has 0 aromatic heterocycles. The number of phenolic OH excluding ortho intramolecular Hbond substituents is 1. The maximum Gasteiger partial charge on any atom is 0.154 e. The van der Waals surface area contributed by atoms with Crippen molar-refractivity contribution in [3.05, 3.63) is 28.8 Å². The van der Waals surface area contributed by atoms with Crippen LogP contribution in [0.2, 0.25) is 0 Å². The predicted octanol–water partition coefficient (Wildman–Crippen LogP) is 2.49. The first-order valence-electron chi connectivity index (χ1n) is 4.03. The van der Waals surface area contributed by atoms with E-state index < -0.39 is 0 Å². The van der Waals surface area contributed by atoms with Crippen LogP contribution in [0.15, 0.2) is 12.1 Å². The van der Waals surface area contributed by atoms with Gasteiger partial charge in [-0.1, -0.05) is 28.7 Å². The van der Waals surface area contributed by atoms with Gasteiger partial charge in [-0.15, -0.1) is 0 Å². The molecule has 1 aromatic rings. The fourth-order valence-corrected chi connectivity index (χ4v) is 1.86. The van der Waals surface area contributed by atoms with Crippen LogP contribution in [0.5, 0.6) is 5.75 Å². The number of alkyl halides is 1. The summed E-state index contributed by atoms with van der Waals surface area (Å²) in [6, 6.07) is 3.40. The molecule has 0 aliphatic rings. The topological polar surface area (TPSA) is 37.3 Å². The molecule has 3 heteroatoms. The molecule has 1 rings (SSSR count). The van der Waals surface area contributed by atoms with E-state index in [0.717, 1.165) is 28.3 Å². The van der Waals surface area contributed by atoms with E-state index >= 15 is 0 Å². The first-order chi connectivity index (χ1) is 6.20. The highest BCUT2D eigenvalue weighted by Crippen LogP contribution is 2.23. The molecule has 0 radical (unpaired) electrons. The summed E-state index contributed by atoms with van der Waals surface area (Å²) < 4.78 is 0.947. The third-order valence-corrected chi connectivity index (χ3v) is 2.57. The summed E-state index contributed by atoms with van der Waals surface area (Å²) >= 11 is 2.25. The summed E-state index contributed by atoms with van der Waals surface area (Å²) in [6.07, 6.45) is 1.55. The summed E-state index contributed by atoms with van der Waals surface area (Å²) in [7, 11) is 0. The molecule has 0 spiro atoms. The van der Waals surface area contributed by atoms with Crippen molar-refractivity contribution in [2.45, 2.75) is 13.3 Å². The fourth-order valence-electron chi connectivity index (χ4n) is 1.32. The highest BCUT2D eigenvalue weighted by molar-refractivity contribution is 14.1. The zero-order valence-electron chi connectivity index (χ0n) is 7.38. The van der Waals surface area contributed by atoms with Crippen molar-refractivity contribution in [2.75, 3.05) is 4.43 Å². The number of carbonyl (C=O) groups excluding carboxylic acids is 1. The minimum Gasteiger partial charge on any atom is -0.507 e. The predicted molar refractivity (Wildman–Crippen MR) is 60.8 cm³/mol. The van der Waals surface area contributed by atoms with Crippen LogP contribution in [-0.4, -0.2) is 15.8 Å². The molecular formula is C10H11IO2. The van der Waals surface area contributed by atoms with E-state index in [1.54, 1.807) is 6.07 Å². The first-order valence-corrected chi connectivity index (χ1v) is 5.56. The van der Waals surface area contributed by atoms with E-state index in [9.17, 15) is 9.90 Å². The van der Waals surface area contributed by atoms with Crippen molar-refractivity contribution in [3.8, 4) is 5.75 Å². The molecule has 0 atom stereocenters. The molecule has 0 fully saturated rings. The van der Waals surface area contributed by atoms with Gasteiger partial charge in [0.2, 0.25) is 0 Å². The molecule has 1 aromatic carbocycles. The quantitative estimate of drug-likeness (QED) is 0.527. The molecule has 0 amide bonds. The SMILES string of the molecule is Cc1ccc(O)c(C=O)c1CCI. The van der Waals surface area contributed by atoms with Crippen molar-refractivity contribution in [1.29, 1.82) is 0 Å². The Morgan fingerprint density at radius 2 is 2.23 bits per heavy atom. The number of benzene rings is 1. The average molecular weight is 290 g/mol. The van der Waals surface area contributed by atoms with E-state index in [0.29, 0.717) is 5.56 Å². The fraction of sp³-hybridized carbons (Fsp3) is 0.300. The van der Waals surface area contributed by atoms with Gasteiger partial charge in [-0.3, -0.25) is 4.79 Å². The minimum absolute atomic E-state index is 0.0838. The third-order valence-electron chi connectivity index (χ3n) is 2.03. The number of phenols is 1. The Bertz CT molecular complexity index is 321. The molecule has 1 N–H and O–H groups in total. The lowest BCUT2D eigenvalue weighted by molar-refractivity contribution is 0.112. The lowest BCUT2D eigenvalue weighted by Gasteiger charge is -2.08. The Balaban J connectivity index is 3.25. The van der Waals surface area contributed by atoms with Gasteiger partial charge in [-0.25, -0.2) is 0 Å². The van der Waals surface area contributed by atoms with Gasteiger partial charge >= 0.3 is 0 Å². The van der Waals surface area contributed by atoms with Gasteiger partial charge in [0.05, 0.1) is 5.56 Å². The van der Waals surface area contributed by atoms with Crippen LogP contribution in [0, 0.1) is 6.92 Å². The average Bonchev–Trinajstić information content (AvgIpc) is 2.12. The van der Waals surface area contributed by atoms with Crippen LogP contribution in [0.1, 0.15) is 21.5 Å². The van der Waals surface area contributed by atoms with E-state index in [-0.39, 0.29) is 5.75 Å². The van der Waals surface area contributed by atoms with Crippen LogP contribution in [0.3, 0.4) is 0 Å². The van der Waals surface area contributed by atoms with Crippen LogP contribution in [0.25, 0.3) is 0 Å². The van der Waals surface area contributed by atoms with Gasteiger partial charge < -0.3 is 5.11 Å². The Morgan fingerprint density at radius 3 is 2.77 bits per heavy atom. The number of hydrogen-bond donors (Lipinski definition) is 1. The second-order valence-corrected chi connectivity index (χ2v) is 3.93. The number of halogens is 1. The van der Waals surface area contributed by atoms with Gasteiger partial charge in [-0.05, 0) is 30.5 Å². The number of carbonyl (C=O) groups is 1. The Hall–Kier alpha value is -0.580. The lowest BCUT2D eigenvalue weighted by Crippen LogP contribution is -1.97. The maximum atomic E-state index is 10.7. The highest BCUT2D eigenvalue weighted by Gasteiger charge is 2.08. The Labute approximate surface area is 91.1 Å². The zero-order chi connectivity index (χ0) is 9.84. The molecule has 0 aliphatic carbocycles. The Morgan fingerprint density at radius 1 is 1.54 bits per heavy atom. The van der Waals surface area contributed by atoms with Crippen LogP contribution in [0.4, 0.5) is 0 Å². The molecule has 0 aliphatic heterocycles. The monoisotopic (exact) mass is 290 g/mol. The van der Waals surface area contributed by atoms with Crippen molar-refractivity contribution in [1.82, 2.24) is 0 Å². The van der Waals surface area contributed by atoms with Crippen molar-refractivity contribution >= 4 is 28.9 Å². The van der Waals surface area contributed by atoms with Gasteiger partial charge in [0, 0.05) is 4.43 Å². The summed E-state index contributed by atoms with van der Waals surface area (Å²) in [5.41, 5.74) is 2.47. The van der Waals surface area contributed by atoms with E-state index in [4.69, 9.17) is 0 Å².